The topological polar surface area (TPSA) is 12.0 Å². The third-order valence-corrected chi connectivity index (χ3v) is 4.37. The summed E-state index contributed by atoms with van der Waals surface area (Å²) in [5, 5.41) is 4.38. The summed E-state index contributed by atoms with van der Waals surface area (Å²) in [7, 11) is 0. The van der Waals surface area contributed by atoms with E-state index in [0.29, 0.717) is 5.92 Å². The molecule has 2 aromatic carbocycles. The molecule has 0 aliphatic heterocycles. The van der Waals surface area contributed by atoms with Crippen LogP contribution in [0.1, 0.15) is 30.4 Å². The first-order valence-electron chi connectivity index (χ1n) is 7.40. The molecule has 2 aromatic rings. The highest BCUT2D eigenvalue weighted by atomic mass is 79.9. The zero-order valence-corrected chi connectivity index (χ0v) is 14.6. The monoisotopic (exact) mass is 365 g/mol. The van der Waals surface area contributed by atoms with Gasteiger partial charge in [0.1, 0.15) is 0 Å². The molecule has 0 aliphatic rings. The van der Waals surface area contributed by atoms with Gasteiger partial charge in [-0.15, -0.1) is 0 Å². The normalized spacial score (nSPS) is 12.3. The molecule has 0 radical (unpaired) electrons. The van der Waals surface area contributed by atoms with E-state index in [-0.39, 0.29) is 0 Å². The Morgan fingerprint density at radius 2 is 1.95 bits per heavy atom. The van der Waals surface area contributed by atoms with Gasteiger partial charge in [0, 0.05) is 22.0 Å². The van der Waals surface area contributed by atoms with Crippen LogP contribution >= 0.6 is 27.5 Å². The predicted octanol–water partition coefficient (Wildman–Crippen LogP) is 5.43. The van der Waals surface area contributed by atoms with Crippen molar-refractivity contribution >= 4 is 27.5 Å². The van der Waals surface area contributed by atoms with Crippen molar-refractivity contribution in [3.63, 3.8) is 0 Å². The molecule has 112 valence electrons. The first kappa shape index (κ1) is 16.5. The maximum Gasteiger partial charge on any atom is 0.0441 e. The fraction of sp³-hybridized carbons (Fsp3) is 0.333. The lowest BCUT2D eigenvalue weighted by Crippen LogP contribution is -2.24. The van der Waals surface area contributed by atoms with Crippen LogP contribution in [0.4, 0.5) is 0 Å². The van der Waals surface area contributed by atoms with E-state index < -0.39 is 0 Å². The Morgan fingerprint density at radius 1 is 1.14 bits per heavy atom. The summed E-state index contributed by atoms with van der Waals surface area (Å²) in [4.78, 5) is 0. The number of rotatable bonds is 7. The highest BCUT2D eigenvalue weighted by Crippen LogP contribution is 2.28. The highest BCUT2D eigenvalue weighted by Gasteiger charge is 2.15. The van der Waals surface area contributed by atoms with Crippen LogP contribution in [0.25, 0.3) is 0 Å². The van der Waals surface area contributed by atoms with Crippen LogP contribution in [-0.4, -0.2) is 13.1 Å². The van der Waals surface area contributed by atoms with Gasteiger partial charge < -0.3 is 5.32 Å². The van der Waals surface area contributed by atoms with Gasteiger partial charge >= 0.3 is 0 Å². The Kier molecular flexibility index (Phi) is 6.75. The SMILES string of the molecule is CCCNCC(Cc1cccc(Br)c1)c1ccccc1Cl. The van der Waals surface area contributed by atoms with Crippen molar-refractivity contribution in [2.75, 3.05) is 13.1 Å². The van der Waals surface area contributed by atoms with Crippen molar-refractivity contribution in [3.05, 3.63) is 69.2 Å². The summed E-state index contributed by atoms with van der Waals surface area (Å²) < 4.78 is 1.12. The quantitative estimate of drug-likeness (QED) is 0.644. The Labute approximate surface area is 140 Å². The fourth-order valence-corrected chi connectivity index (χ4v) is 3.24. The maximum absolute atomic E-state index is 6.39. The summed E-state index contributed by atoms with van der Waals surface area (Å²) in [5.74, 6) is 0.388. The van der Waals surface area contributed by atoms with Crippen LogP contribution in [0.3, 0.4) is 0 Å². The third kappa shape index (κ3) is 5.14. The molecule has 0 fully saturated rings. The molecule has 0 amide bonds. The minimum absolute atomic E-state index is 0.388. The molecule has 0 saturated carbocycles. The summed E-state index contributed by atoms with van der Waals surface area (Å²) in [6, 6.07) is 16.7. The zero-order valence-electron chi connectivity index (χ0n) is 12.3. The van der Waals surface area contributed by atoms with Crippen LogP contribution in [0.15, 0.2) is 53.0 Å². The molecule has 0 saturated heterocycles. The van der Waals surface area contributed by atoms with E-state index in [1.165, 1.54) is 11.1 Å². The number of hydrogen-bond donors (Lipinski definition) is 1. The van der Waals surface area contributed by atoms with Gasteiger partial charge in [-0.25, -0.2) is 0 Å². The second-order valence-electron chi connectivity index (χ2n) is 5.26. The summed E-state index contributed by atoms with van der Waals surface area (Å²) in [5.41, 5.74) is 2.55. The van der Waals surface area contributed by atoms with Crippen molar-refractivity contribution in [2.24, 2.45) is 0 Å². The molecule has 0 heterocycles. The lowest BCUT2D eigenvalue weighted by molar-refractivity contribution is 0.576. The largest absolute Gasteiger partial charge is 0.316 e. The summed E-state index contributed by atoms with van der Waals surface area (Å²) in [6.07, 6.45) is 2.13. The molecule has 0 aromatic heterocycles. The van der Waals surface area contributed by atoms with E-state index in [2.05, 4.69) is 64.6 Å². The number of hydrogen-bond acceptors (Lipinski definition) is 1. The lowest BCUT2D eigenvalue weighted by Gasteiger charge is -2.19. The molecular weight excluding hydrogens is 346 g/mol. The number of halogens is 2. The van der Waals surface area contributed by atoms with Gasteiger partial charge in [0.15, 0.2) is 0 Å². The van der Waals surface area contributed by atoms with Crippen molar-refractivity contribution < 1.29 is 0 Å². The van der Waals surface area contributed by atoms with Gasteiger partial charge in [0.25, 0.3) is 0 Å². The Bertz CT molecular complexity index is 571. The third-order valence-electron chi connectivity index (χ3n) is 3.53. The zero-order chi connectivity index (χ0) is 15.1. The van der Waals surface area contributed by atoms with Crippen LogP contribution in [0.5, 0.6) is 0 Å². The predicted molar refractivity (Wildman–Crippen MR) is 95.2 cm³/mol. The van der Waals surface area contributed by atoms with Crippen LogP contribution in [0, 0.1) is 0 Å². The highest BCUT2D eigenvalue weighted by molar-refractivity contribution is 9.10. The fourth-order valence-electron chi connectivity index (χ4n) is 2.50. The minimum Gasteiger partial charge on any atom is -0.316 e. The molecule has 1 N–H and O–H groups in total. The average molecular weight is 367 g/mol. The van der Waals surface area contributed by atoms with E-state index in [4.69, 9.17) is 11.6 Å². The average Bonchev–Trinajstić information content (AvgIpc) is 2.47. The van der Waals surface area contributed by atoms with Gasteiger partial charge in [-0.05, 0) is 48.7 Å². The van der Waals surface area contributed by atoms with Crippen LogP contribution in [-0.2, 0) is 6.42 Å². The second-order valence-corrected chi connectivity index (χ2v) is 6.58. The lowest BCUT2D eigenvalue weighted by atomic mass is 9.92. The molecular formula is C18H21BrClN. The minimum atomic E-state index is 0.388. The van der Waals surface area contributed by atoms with E-state index in [1.54, 1.807) is 0 Å². The van der Waals surface area contributed by atoms with E-state index in [9.17, 15) is 0 Å². The standard InChI is InChI=1S/C18H21BrClN/c1-2-10-21-13-15(17-8-3-4-9-18(17)20)11-14-6-5-7-16(19)12-14/h3-9,12,15,21H,2,10-11,13H2,1H3. The van der Waals surface area contributed by atoms with E-state index in [1.807, 2.05) is 12.1 Å². The van der Waals surface area contributed by atoms with Crippen molar-refractivity contribution in [2.45, 2.75) is 25.7 Å². The molecule has 0 bridgehead atoms. The molecule has 1 atom stereocenters. The van der Waals surface area contributed by atoms with Gasteiger partial charge in [0.2, 0.25) is 0 Å². The van der Waals surface area contributed by atoms with Gasteiger partial charge in [0.05, 0.1) is 0 Å². The van der Waals surface area contributed by atoms with Crippen LogP contribution < -0.4 is 5.32 Å². The van der Waals surface area contributed by atoms with E-state index in [0.717, 1.165) is 35.4 Å². The Morgan fingerprint density at radius 3 is 2.67 bits per heavy atom. The molecule has 2 rings (SSSR count). The van der Waals surface area contributed by atoms with E-state index >= 15 is 0 Å². The number of benzene rings is 2. The van der Waals surface area contributed by atoms with Gasteiger partial charge in [-0.1, -0.05) is 64.8 Å². The first-order valence-corrected chi connectivity index (χ1v) is 8.57. The second kappa shape index (κ2) is 8.57. The smallest absolute Gasteiger partial charge is 0.0441 e. The molecule has 3 heteroatoms. The number of nitrogens with one attached hydrogen (secondary N) is 1. The molecule has 0 aliphatic carbocycles. The summed E-state index contributed by atoms with van der Waals surface area (Å²) >= 11 is 9.94. The maximum atomic E-state index is 6.39. The molecule has 21 heavy (non-hydrogen) atoms. The summed E-state index contributed by atoms with van der Waals surface area (Å²) in [6.45, 7) is 4.18. The van der Waals surface area contributed by atoms with Crippen molar-refractivity contribution in [1.29, 1.82) is 0 Å². The molecule has 1 unspecified atom stereocenters. The van der Waals surface area contributed by atoms with Gasteiger partial charge in [-0.3, -0.25) is 0 Å². The first-order chi connectivity index (χ1) is 10.2. The van der Waals surface area contributed by atoms with Crippen molar-refractivity contribution in [1.82, 2.24) is 5.32 Å². The Hall–Kier alpha value is -0.830. The van der Waals surface area contributed by atoms with Crippen molar-refractivity contribution in [3.8, 4) is 0 Å². The Balaban J connectivity index is 2.17. The molecule has 1 nitrogen and oxygen atoms in total. The van der Waals surface area contributed by atoms with Gasteiger partial charge in [-0.2, -0.15) is 0 Å². The van der Waals surface area contributed by atoms with Crippen LogP contribution in [0.2, 0.25) is 5.02 Å². The molecule has 0 spiro atoms.